The third kappa shape index (κ3) is 7.00. The molecule has 2 heterocycles. The Kier molecular flexibility index (Phi) is 11.7. The molecule has 15 aromatic rings. The Labute approximate surface area is 504 Å². The van der Waals surface area contributed by atoms with Crippen molar-refractivity contribution in [3.63, 3.8) is 0 Å². The molecule has 0 saturated heterocycles. The van der Waals surface area contributed by atoms with Gasteiger partial charge in [-0.15, -0.1) is 0 Å². The van der Waals surface area contributed by atoms with Gasteiger partial charge >= 0.3 is 508 Å². The molecule has 2 nitrogen and oxygen atoms in total. The monoisotopic (exact) mass is 1050 g/mol. The first-order valence-electron chi connectivity index (χ1n) is 30.0. The van der Waals surface area contributed by atoms with E-state index in [9.17, 15) is 0 Å². The zero-order valence-electron chi connectivity index (χ0n) is 51.6. The molecule has 15 rings (SSSR count). The maximum absolute atomic E-state index is 7.38. The van der Waals surface area contributed by atoms with Crippen molar-refractivity contribution in [3.8, 4) is 33.4 Å². The van der Waals surface area contributed by atoms with Crippen LogP contribution in [0.25, 0.3) is 153 Å². The number of rotatable bonds is 5. The van der Waals surface area contributed by atoms with Crippen molar-refractivity contribution in [2.75, 3.05) is 0 Å². The number of fused-ring (bicyclic) bond motifs is 6. The van der Waals surface area contributed by atoms with Crippen LogP contribution in [0.2, 0.25) is 0 Å². The van der Waals surface area contributed by atoms with Crippen LogP contribution in [-0.2, 0) is 0 Å². The fourth-order valence-corrected chi connectivity index (χ4v) is 15.7. The molecule has 0 amide bonds. The van der Waals surface area contributed by atoms with Crippen molar-refractivity contribution in [2.24, 2.45) is 0 Å². The third-order valence-electron chi connectivity index (χ3n) is 21.1. The van der Waals surface area contributed by atoms with E-state index in [1.165, 1.54) is 185 Å². The first-order chi connectivity index (χ1) is 40.3. The maximum atomic E-state index is 7.38. The average molecular weight is 1050 g/mol. The number of hydrogen-bond acceptors (Lipinski definition) is 2. The second-order valence-corrected chi connectivity index (χ2v) is 25.3. The molecule has 18 heteroatoms. The van der Waals surface area contributed by atoms with E-state index in [-0.39, 0.29) is 0 Å². The Morgan fingerprint density at radius 2 is 0.738 bits per heavy atom. The van der Waals surface area contributed by atoms with E-state index in [0.29, 0.717) is 0 Å². The van der Waals surface area contributed by atoms with Gasteiger partial charge in [-0.2, -0.15) is 0 Å². The Morgan fingerprint density at radius 3 is 1.26 bits per heavy atom. The number of furan rings is 2. The summed E-state index contributed by atoms with van der Waals surface area (Å²) < 4.78 is 14.5. The Balaban J connectivity index is 1.15. The van der Waals surface area contributed by atoms with Gasteiger partial charge in [0.1, 0.15) is 0 Å². The predicted octanol–water partition coefficient (Wildman–Crippen LogP) is -8.74. The fourth-order valence-electron chi connectivity index (χ4n) is 15.7. The Morgan fingerprint density at radius 1 is 0.333 bits per heavy atom. The van der Waals surface area contributed by atoms with E-state index in [1.807, 2.05) is 0 Å². The van der Waals surface area contributed by atoms with Gasteiger partial charge < -0.3 is 0 Å². The quantitative estimate of drug-likeness (QED) is 0.127. The SMILES string of the molecule is B=C(/C(B)=c1\c(=C(\B)C)oc2c1c(B)c(B)c1c(B)c(B)c(B)c(B)c12)c1cc(-c2c(B)c(B)c3oc4c(B)c(B)c(B)c(B)c4c3c2B)c(-c2ccc3ccc4cccc5ccc2c3c45)cc1-c1ccc2ccc3cccc4ccc1c2c34. The van der Waals surface area contributed by atoms with Crippen molar-refractivity contribution < 1.29 is 8.83 Å². The van der Waals surface area contributed by atoms with Crippen molar-refractivity contribution in [1.82, 2.24) is 0 Å². The summed E-state index contributed by atoms with van der Waals surface area (Å²) in [5, 5.41) is 22.4. The van der Waals surface area contributed by atoms with Crippen LogP contribution < -0.4 is 81.7 Å². The van der Waals surface area contributed by atoms with Gasteiger partial charge in [-0.25, -0.2) is 0 Å². The molecular formula is C66H54B16O2. The van der Waals surface area contributed by atoms with Gasteiger partial charge in [0, 0.05) is 0 Å². The van der Waals surface area contributed by atoms with Gasteiger partial charge in [0.2, 0.25) is 0 Å². The van der Waals surface area contributed by atoms with E-state index in [2.05, 4.69) is 246 Å². The summed E-state index contributed by atoms with van der Waals surface area (Å²) in [4.78, 5) is 0. The minimum absolute atomic E-state index is 0.916. The van der Waals surface area contributed by atoms with Gasteiger partial charge in [-0.1, -0.05) is 0 Å². The van der Waals surface area contributed by atoms with Crippen molar-refractivity contribution in [3.05, 3.63) is 138 Å². The first kappa shape index (κ1) is 53.0. The normalized spacial score (nSPS) is 13.0. The van der Waals surface area contributed by atoms with E-state index in [0.717, 1.165) is 60.4 Å². The second kappa shape index (κ2) is 18.6. The zero-order chi connectivity index (χ0) is 58.5. The van der Waals surface area contributed by atoms with E-state index in [1.54, 1.807) is 0 Å². The van der Waals surface area contributed by atoms with E-state index < -0.39 is 0 Å². The molecule has 0 spiro atoms. The fraction of sp³-hybridized carbons (Fsp3) is 0.0152. The summed E-state index contributed by atoms with van der Waals surface area (Å²) in [7, 11) is 39.5. The molecule has 378 valence electrons. The van der Waals surface area contributed by atoms with Gasteiger partial charge in [0.25, 0.3) is 0 Å². The second-order valence-electron chi connectivity index (χ2n) is 25.3. The minimum atomic E-state index is 0.916. The van der Waals surface area contributed by atoms with Crippen LogP contribution in [0.4, 0.5) is 0 Å². The van der Waals surface area contributed by atoms with Gasteiger partial charge in [0.05, 0.1) is 0 Å². The number of benzene rings is 13. The molecule has 0 radical (unpaired) electrons. The number of hydrogen-bond donors (Lipinski definition) is 0. The zero-order valence-corrected chi connectivity index (χ0v) is 51.6. The van der Waals surface area contributed by atoms with Crippen molar-refractivity contribution >= 4 is 321 Å². The molecule has 0 aliphatic heterocycles. The Bertz CT molecular complexity index is 5690. The molecular weight excluding hydrogens is 998 g/mol. The Hall–Kier alpha value is -7.81. The van der Waals surface area contributed by atoms with Crippen LogP contribution in [0, 0.1) is 0 Å². The molecule has 0 saturated carbocycles. The van der Waals surface area contributed by atoms with Crippen LogP contribution in [-0.4, -0.2) is 131 Å². The van der Waals surface area contributed by atoms with Crippen LogP contribution in [0.15, 0.2) is 130 Å². The molecule has 13 aromatic carbocycles. The van der Waals surface area contributed by atoms with Gasteiger partial charge in [-0.05, 0) is 0 Å². The molecule has 2 aromatic heterocycles. The molecule has 0 aliphatic carbocycles. The molecule has 0 unspecified atom stereocenters. The van der Waals surface area contributed by atoms with E-state index in [4.69, 9.17) is 16.3 Å². The average Bonchev–Trinajstić information content (AvgIpc) is 2.09. The van der Waals surface area contributed by atoms with Crippen LogP contribution in [0.5, 0.6) is 0 Å². The summed E-state index contributed by atoms with van der Waals surface area (Å²) in [6.07, 6.45) is 0. The molecule has 0 bridgehead atoms. The van der Waals surface area contributed by atoms with Crippen LogP contribution in [0.3, 0.4) is 0 Å². The van der Waals surface area contributed by atoms with E-state index >= 15 is 0 Å². The predicted molar refractivity (Wildman–Crippen MR) is 418 cm³/mol. The molecule has 0 fully saturated rings. The van der Waals surface area contributed by atoms with Crippen LogP contribution in [0.1, 0.15) is 12.5 Å². The third-order valence-corrected chi connectivity index (χ3v) is 21.1. The first-order valence-corrected chi connectivity index (χ1v) is 30.0. The molecule has 84 heavy (non-hydrogen) atoms. The van der Waals surface area contributed by atoms with Crippen molar-refractivity contribution in [2.45, 2.75) is 6.92 Å². The molecule has 0 aliphatic rings. The van der Waals surface area contributed by atoms with Crippen molar-refractivity contribution in [1.29, 1.82) is 0 Å². The summed E-state index contributed by atoms with van der Waals surface area (Å²) in [5.74, 6) is 0. The topological polar surface area (TPSA) is 26.3 Å². The standard InChI is InChI=1S/C66H54B16O2/c1-22(67)63-45(46-54(74)51(71)42-43(64(46)83-63)55(75)58(78)57(77)52(42)72)53(73)48(68)36-21-35(41-49(69)44-47-56(76)59(79)60(80)62(82)66(47)84-65(44)61(81)50(41)70)33(29-16-12-27-10-8-23-4-2-6-25-14-18-31(29)39(27)37(23)25)20-34(36)30-17-13-28-11-9-24-5-3-7-26-15-19-32(30)40(28)38(24)26/h2-21,68H,67,69-82H2,1H3/b53-45+,63-22-. The summed E-state index contributed by atoms with van der Waals surface area (Å²) in [5.41, 5.74) is 31.7. The van der Waals surface area contributed by atoms with Gasteiger partial charge in [0.15, 0.2) is 0 Å². The molecule has 0 N–H and O–H groups in total. The van der Waals surface area contributed by atoms with Gasteiger partial charge in [-0.3, -0.25) is 0 Å². The summed E-state index contributed by atoms with van der Waals surface area (Å²) in [6.45, 7) is 2.20. The summed E-state index contributed by atoms with van der Waals surface area (Å²) >= 11 is 0. The summed E-state index contributed by atoms with van der Waals surface area (Å²) in [6, 6.07) is 46.6. The molecule has 0 atom stereocenters. The van der Waals surface area contributed by atoms with Crippen LogP contribution >= 0.6 is 0 Å².